The molecule has 0 aliphatic carbocycles. The van der Waals surface area contributed by atoms with Crippen molar-refractivity contribution in [3.8, 4) is 11.1 Å². The van der Waals surface area contributed by atoms with Gasteiger partial charge in [-0.2, -0.15) is 0 Å². The molecule has 0 aliphatic rings. The molecule has 0 unspecified atom stereocenters. The molecule has 0 atom stereocenters. The minimum atomic E-state index is 0.905. The van der Waals surface area contributed by atoms with E-state index in [9.17, 15) is 0 Å². The lowest BCUT2D eigenvalue weighted by Gasteiger charge is -2.29. The van der Waals surface area contributed by atoms with E-state index in [-0.39, 0.29) is 0 Å². The number of hydrogen-bond acceptors (Lipinski definition) is 2. The number of anilines is 3. The predicted molar refractivity (Wildman–Crippen MR) is 204 cm³/mol. The molecule has 1 heterocycles. The van der Waals surface area contributed by atoms with E-state index in [4.69, 9.17) is 4.42 Å². The van der Waals surface area contributed by atoms with E-state index < -0.39 is 0 Å². The molecule has 0 aliphatic heterocycles. The van der Waals surface area contributed by atoms with Gasteiger partial charge in [-0.05, 0) is 85.9 Å². The second-order valence-electron chi connectivity index (χ2n) is 12.5. The van der Waals surface area contributed by atoms with Crippen LogP contribution in [0.25, 0.3) is 76.2 Å². The van der Waals surface area contributed by atoms with Crippen LogP contribution in [0.4, 0.5) is 17.1 Å². The third-order valence-corrected chi connectivity index (χ3v) is 9.82. The van der Waals surface area contributed by atoms with E-state index in [1.54, 1.807) is 0 Å². The zero-order valence-electron chi connectivity index (χ0n) is 26.1. The van der Waals surface area contributed by atoms with Crippen LogP contribution in [-0.2, 0) is 0 Å². The maximum atomic E-state index is 6.31. The minimum Gasteiger partial charge on any atom is -0.456 e. The number of fused-ring (bicyclic) bond motifs is 10. The van der Waals surface area contributed by atoms with Crippen LogP contribution in [0.3, 0.4) is 0 Å². The topological polar surface area (TPSA) is 16.4 Å². The summed E-state index contributed by atoms with van der Waals surface area (Å²) in [7, 11) is 0. The highest BCUT2D eigenvalue weighted by atomic mass is 16.3. The summed E-state index contributed by atoms with van der Waals surface area (Å²) in [4.78, 5) is 2.45. The first kappa shape index (κ1) is 26.8. The molecule has 10 aromatic rings. The van der Waals surface area contributed by atoms with Gasteiger partial charge >= 0.3 is 0 Å². The lowest BCUT2D eigenvalue weighted by Crippen LogP contribution is -2.11. The fourth-order valence-electron chi connectivity index (χ4n) is 7.65. The van der Waals surface area contributed by atoms with E-state index in [0.29, 0.717) is 0 Å². The molecule has 2 heteroatoms. The quantitative estimate of drug-likeness (QED) is 0.184. The van der Waals surface area contributed by atoms with Gasteiger partial charge in [0.15, 0.2) is 0 Å². The van der Waals surface area contributed by atoms with Gasteiger partial charge in [-0.15, -0.1) is 0 Å². The third-order valence-electron chi connectivity index (χ3n) is 9.82. The van der Waals surface area contributed by atoms with E-state index >= 15 is 0 Å². The fraction of sp³-hybridized carbons (Fsp3) is 0. The Balaban J connectivity index is 1.29. The molecule has 9 aromatic carbocycles. The highest BCUT2D eigenvalue weighted by molar-refractivity contribution is 6.25. The van der Waals surface area contributed by atoms with Gasteiger partial charge in [0.05, 0.1) is 11.4 Å². The largest absolute Gasteiger partial charge is 0.456 e. The molecule has 0 fully saturated rings. The Labute approximate surface area is 277 Å². The van der Waals surface area contributed by atoms with Crippen molar-refractivity contribution < 1.29 is 4.42 Å². The predicted octanol–water partition coefficient (Wildman–Crippen LogP) is 13.3. The van der Waals surface area contributed by atoms with Crippen molar-refractivity contribution in [1.82, 2.24) is 0 Å². The first-order valence-corrected chi connectivity index (χ1v) is 16.4. The summed E-state index contributed by atoms with van der Waals surface area (Å²) in [5.74, 6) is 0. The maximum absolute atomic E-state index is 6.31. The summed E-state index contributed by atoms with van der Waals surface area (Å²) in [5, 5.41) is 12.1. The fourth-order valence-corrected chi connectivity index (χ4v) is 7.65. The molecule has 0 saturated carbocycles. The van der Waals surface area contributed by atoms with E-state index in [1.807, 2.05) is 6.07 Å². The van der Waals surface area contributed by atoms with Crippen LogP contribution in [-0.4, -0.2) is 0 Å². The SMILES string of the molecule is c1ccc(-c2ccc(N(c3cc4ccc5ccccc5c4c4ccccc34)c3cccc4c3ccc3oc5ccccc5c34)cc2)cc1. The van der Waals surface area contributed by atoms with Gasteiger partial charge in [0.1, 0.15) is 11.2 Å². The van der Waals surface area contributed by atoms with E-state index in [0.717, 1.165) is 39.0 Å². The molecule has 224 valence electrons. The normalized spacial score (nSPS) is 11.8. The molecule has 0 spiro atoms. The number of rotatable bonds is 4. The molecule has 0 amide bonds. The average Bonchev–Trinajstić information content (AvgIpc) is 3.55. The van der Waals surface area contributed by atoms with E-state index in [2.05, 4.69) is 175 Å². The molecule has 0 radical (unpaired) electrons. The number of benzene rings is 9. The van der Waals surface area contributed by atoms with Crippen molar-refractivity contribution in [2.75, 3.05) is 4.90 Å². The molecule has 0 bridgehead atoms. The maximum Gasteiger partial charge on any atom is 0.136 e. The Hall–Kier alpha value is -6.38. The van der Waals surface area contributed by atoms with Crippen LogP contribution in [0.5, 0.6) is 0 Å². The molecule has 0 N–H and O–H groups in total. The van der Waals surface area contributed by atoms with Gasteiger partial charge < -0.3 is 9.32 Å². The zero-order valence-corrected chi connectivity index (χ0v) is 26.1. The molecule has 10 rings (SSSR count). The lowest BCUT2D eigenvalue weighted by atomic mass is 9.94. The van der Waals surface area contributed by atoms with Crippen molar-refractivity contribution in [1.29, 1.82) is 0 Å². The summed E-state index contributed by atoms with van der Waals surface area (Å²) in [5.41, 5.74) is 7.58. The van der Waals surface area contributed by atoms with Gasteiger partial charge in [-0.25, -0.2) is 0 Å². The molecule has 2 nitrogen and oxygen atoms in total. The second-order valence-corrected chi connectivity index (χ2v) is 12.5. The lowest BCUT2D eigenvalue weighted by molar-refractivity contribution is 0.669. The minimum absolute atomic E-state index is 0.905. The molecular formula is C46H29NO. The molecule has 48 heavy (non-hydrogen) atoms. The second kappa shape index (κ2) is 10.6. The number of furan rings is 1. The standard InChI is InChI=1S/C46H29NO/c1-2-11-30(12-3-1)31-23-25-34(26-24-31)47(41-19-10-18-39-37(41)27-28-44-46(39)40-17-8-9-20-43(40)48-44)42-29-33-22-21-32-13-4-5-14-35(32)45(33)38-16-7-6-15-36(38)42/h1-29H. The van der Waals surface area contributed by atoms with Crippen molar-refractivity contribution >= 4 is 82.1 Å². The molecule has 0 saturated heterocycles. The van der Waals surface area contributed by atoms with Crippen LogP contribution >= 0.6 is 0 Å². The van der Waals surface area contributed by atoms with Gasteiger partial charge in [0, 0.05) is 27.2 Å². The number of hydrogen-bond donors (Lipinski definition) is 0. The van der Waals surface area contributed by atoms with E-state index in [1.165, 1.54) is 54.2 Å². The van der Waals surface area contributed by atoms with Crippen molar-refractivity contribution in [3.63, 3.8) is 0 Å². The van der Waals surface area contributed by atoms with Crippen molar-refractivity contribution in [2.24, 2.45) is 0 Å². The van der Waals surface area contributed by atoms with Gasteiger partial charge in [0.2, 0.25) is 0 Å². The number of para-hydroxylation sites is 1. The van der Waals surface area contributed by atoms with Crippen LogP contribution in [0.15, 0.2) is 180 Å². The first-order chi connectivity index (χ1) is 23.8. The van der Waals surface area contributed by atoms with Gasteiger partial charge in [-0.1, -0.05) is 133 Å². The van der Waals surface area contributed by atoms with Crippen molar-refractivity contribution in [2.45, 2.75) is 0 Å². The van der Waals surface area contributed by atoms with Gasteiger partial charge in [-0.3, -0.25) is 0 Å². The Bertz CT molecular complexity index is 2830. The highest BCUT2D eigenvalue weighted by Crippen LogP contribution is 2.47. The van der Waals surface area contributed by atoms with Crippen LogP contribution in [0.1, 0.15) is 0 Å². The van der Waals surface area contributed by atoms with Crippen LogP contribution < -0.4 is 4.90 Å². The summed E-state index contributed by atoms with van der Waals surface area (Å²) in [6, 6.07) is 63.4. The van der Waals surface area contributed by atoms with Gasteiger partial charge in [0.25, 0.3) is 0 Å². The third kappa shape index (κ3) is 4.06. The monoisotopic (exact) mass is 611 g/mol. The smallest absolute Gasteiger partial charge is 0.136 e. The highest BCUT2D eigenvalue weighted by Gasteiger charge is 2.21. The molecule has 1 aromatic heterocycles. The van der Waals surface area contributed by atoms with Crippen LogP contribution in [0, 0.1) is 0 Å². The summed E-state index contributed by atoms with van der Waals surface area (Å²) < 4.78 is 6.31. The Morgan fingerprint density at radius 3 is 1.81 bits per heavy atom. The Morgan fingerprint density at radius 1 is 0.333 bits per heavy atom. The first-order valence-electron chi connectivity index (χ1n) is 16.4. The van der Waals surface area contributed by atoms with Crippen LogP contribution in [0.2, 0.25) is 0 Å². The summed E-state index contributed by atoms with van der Waals surface area (Å²) in [6.45, 7) is 0. The zero-order chi connectivity index (χ0) is 31.6. The Kier molecular flexibility index (Phi) is 5.91. The average molecular weight is 612 g/mol. The van der Waals surface area contributed by atoms with Crippen molar-refractivity contribution in [3.05, 3.63) is 176 Å². The Morgan fingerprint density at radius 2 is 0.958 bits per heavy atom. The summed E-state index contributed by atoms with van der Waals surface area (Å²) in [6.07, 6.45) is 0. The number of nitrogens with zero attached hydrogens (tertiary/aromatic N) is 1. The molecular weight excluding hydrogens is 583 g/mol. The summed E-state index contributed by atoms with van der Waals surface area (Å²) >= 11 is 0.